The zero-order chi connectivity index (χ0) is 35.9. The molecule has 264 valence electrons. The van der Waals surface area contributed by atoms with Gasteiger partial charge in [-0.3, -0.25) is 9.59 Å². The molecule has 4 aromatic rings. The number of hydrogen-bond acceptors (Lipinski definition) is 4. The van der Waals surface area contributed by atoms with E-state index in [1.165, 1.54) is 18.2 Å². The van der Waals surface area contributed by atoms with Crippen LogP contribution in [0.1, 0.15) is 88.0 Å². The Hall–Kier alpha value is -4.61. The van der Waals surface area contributed by atoms with Crippen molar-refractivity contribution in [3.8, 4) is 0 Å². The largest absolute Gasteiger partial charge is 0.416 e. The quantitative estimate of drug-likeness (QED) is 0.115. The summed E-state index contributed by atoms with van der Waals surface area (Å²) in [5.74, 6) is -2.69. The summed E-state index contributed by atoms with van der Waals surface area (Å²) in [5.41, 5.74) is 0.241. The summed E-state index contributed by atoms with van der Waals surface area (Å²) in [6.45, 7) is 1.70. The molecule has 11 heteroatoms. The van der Waals surface area contributed by atoms with E-state index in [-0.39, 0.29) is 35.7 Å². The molecule has 2 amide bonds. The lowest BCUT2D eigenvalue weighted by Gasteiger charge is -2.40. The van der Waals surface area contributed by atoms with Crippen LogP contribution < -0.4 is 16.0 Å². The van der Waals surface area contributed by atoms with Crippen LogP contribution in [0.25, 0.3) is 0 Å². The minimum Gasteiger partial charge on any atom is -0.390 e. The first-order chi connectivity index (χ1) is 23.8. The zero-order valence-electron chi connectivity index (χ0n) is 27.6. The van der Waals surface area contributed by atoms with Crippen LogP contribution in [-0.4, -0.2) is 35.6 Å². The van der Waals surface area contributed by atoms with E-state index in [2.05, 4.69) is 16.0 Å². The second-order valence-electron chi connectivity index (χ2n) is 12.9. The first-order valence-electron chi connectivity index (χ1n) is 16.7. The number of amides is 2. The second-order valence-corrected chi connectivity index (χ2v) is 12.9. The van der Waals surface area contributed by atoms with Gasteiger partial charge in [0.2, 0.25) is 0 Å². The van der Waals surface area contributed by atoms with E-state index in [1.54, 1.807) is 18.2 Å². The molecule has 1 saturated carbocycles. The van der Waals surface area contributed by atoms with Crippen molar-refractivity contribution in [1.82, 2.24) is 16.0 Å². The zero-order valence-corrected chi connectivity index (χ0v) is 27.6. The van der Waals surface area contributed by atoms with Crippen molar-refractivity contribution >= 4 is 11.8 Å². The first-order valence-corrected chi connectivity index (χ1v) is 16.7. The molecule has 0 heterocycles. The Morgan fingerprint density at radius 1 is 0.780 bits per heavy atom. The summed E-state index contributed by atoms with van der Waals surface area (Å²) < 4.78 is 69.2. The average Bonchev–Trinajstić information content (AvgIpc) is 3.10. The third-order valence-electron chi connectivity index (χ3n) is 9.29. The monoisotopic (exact) mass is 693 g/mol. The predicted octanol–water partition coefficient (Wildman–Crippen LogP) is 7.63. The smallest absolute Gasteiger partial charge is 0.390 e. The minimum absolute atomic E-state index is 0.119. The highest BCUT2D eigenvalue weighted by molar-refractivity contribution is 5.99. The van der Waals surface area contributed by atoms with E-state index in [4.69, 9.17) is 0 Å². The van der Waals surface area contributed by atoms with Crippen LogP contribution in [0, 0.1) is 11.6 Å². The fourth-order valence-corrected chi connectivity index (χ4v) is 6.58. The van der Waals surface area contributed by atoms with Gasteiger partial charge in [0.25, 0.3) is 11.8 Å². The lowest BCUT2D eigenvalue weighted by molar-refractivity contribution is -0.137. The molecule has 4 aromatic carbocycles. The van der Waals surface area contributed by atoms with E-state index in [0.29, 0.717) is 24.5 Å². The molecular formula is C39H40F5N3O3. The average molecular weight is 694 g/mol. The van der Waals surface area contributed by atoms with E-state index >= 15 is 0 Å². The molecule has 4 N–H and O–H groups in total. The van der Waals surface area contributed by atoms with Gasteiger partial charge in [0.05, 0.1) is 23.8 Å². The molecule has 0 bridgehead atoms. The number of carbonyl (C=O) groups is 2. The summed E-state index contributed by atoms with van der Waals surface area (Å²) in [6.07, 6.45) is -2.51. The highest BCUT2D eigenvalue weighted by Crippen LogP contribution is 2.39. The van der Waals surface area contributed by atoms with Crippen molar-refractivity contribution < 1.29 is 36.6 Å². The SMILES string of the molecule is C[C@@H](NC(=O)c1cccc(C(=O)N[C@@H](Cc2cc(F)cc(F)c2)[C@H](O)CNC2(c3cccc(C(F)(F)F)c3)CCCCC2)c1)c1ccccc1. The lowest BCUT2D eigenvalue weighted by atomic mass is 9.76. The van der Waals surface area contributed by atoms with Gasteiger partial charge in [0, 0.05) is 29.3 Å². The summed E-state index contributed by atoms with van der Waals surface area (Å²) in [5, 5.41) is 20.5. The molecule has 0 radical (unpaired) electrons. The molecule has 0 saturated heterocycles. The van der Waals surface area contributed by atoms with Crippen LogP contribution in [0.5, 0.6) is 0 Å². The van der Waals surface area contributed by atoms with Crippen LogP contribution in [0.3, 0.4) is 0 Å². The Balaban J connectivity index is 1.36. The topological polar surface area (TPSA) is 90.5 Å². The maximum Gasteiger partial charge on any atom is 0.416 e. The molecule has 0 spiro atoms. The Labute approximate surface area is 288 Å². The number of hydrogen-bond donors (Lipinski definition) is 4. The molecule has 3 atom stereocenters. The fraction of sp³-hybridized carbons (Fsp3) is 0.333. The van der Waals surface area contributed by atoms with Gasteiger partial charge in [0.15, 0.2) is 0 Å². The van der Waals surface area contributed by atoms with E-state index in [9.17, 15) is 36.6 Å². The highest BCUT2D eigenvalue weighted by atomic mass is 19.4. The van der Waals surface area contributed by atoms with E-state index < -0.39 is 52.9 Å². The van der Waals surface area contributed by atoms with Gasteiger partial charge in [-0.2, -0.15) is 13.2 Å². The number of aliphatic hydroxyl groups is 1. The van der Waals surface area contributed by atoms with Crippen LogP contribution in [-0.2, 0) is 18.1 Å². The molecule has 6 nitrogen and oxygen atoms in total. The molecule has 1 fully saturated rings. The molecule has 0 aromatic heterocycles. The van der Waals surface area contributed by atoms with Crippen molar-refractivity contribution in [3.05, 3.63) is 142 Å². The number of benzene rings is 4. The third kappa shape index (κ3) is 9.34. The summed E-state index contributed by atoms with van der Waals surface area (Å²) in [4.78, 5) is 26.7. The van der Waals surface area contributed by atoms with Crippen LogP contribution in [0.4, 0.5) is 22.0 Å². The normalized spacial score (nSPS) is 16.2. The van der Waals surface area contributed by atoms with Gasteiger partial charge < -0.3 is 21.1 Å². The van der Waals surface area contributed by atoms with Gasteiger partial charge in [-0.15, -0.1) is 0 Å². The van der Waals surface area contributed by atoms with E-state index in [0.717, 1.165) is 49.1 Å². The number of rotatable bonds is 12. The molecular weight excluding hydrogens is 653 g/mol. The number of aliphatic hydroxyl groups excluding tert-OH is 1. The third-order valence-corrected chi connectivity index (χ3v) is 9.29. The number of carbonyl (C=O) groups excluding carboxylic acids is 2. The maximum atomic E-state index is 14.2. The van der Waals surface area contributed by atoms with Crippen molar-refractivity contribution in [2.75, 3.05) is 6.54 Å². The van der Waals surface area contributed by atoms with Crippen molar-refractivity contribution in [1.29, 1.82) is 0 Å². The van der Waals surface area contributed by atoms with Crippen molar-refractivity contribution in [3.63, 3.8) is 0 Å². The molecule has 50 heavy (non-hydrogen) atoms. The van der Waals surface area contributed by atoms with Crippen molar-refractivity contribution in [2.24, 2.45) is 0 Å². The van der Waals surface area contributed by atoms with Crippen LogP contribution >= 0.6 is 0 Å². The fourth-order valence-electron chi connectivity index (χ4n) is 6.58. The van der Waals surface area contributed by atoms with Gasteiger partial charge in [0.1, 0.15) is 11.6 Å². The molecule has 5 rings (SSSR count). The predicted molar refractivity (Wildman–Crippen MR) is 180 cm³/mol. The van der Waals surface area contributed by atoms with Gasteiger partial charge in [-0.1, -0.05) is 67.8 Å². The molecule has 0 aliphatic heterocycles. The van der Waals surface area contributed by atoms with Gasteiger partial charge >= 0.3 is 6.18 Å². The standard InChI is InChI=1S/C39H40F5N3O3/c1-25(27-10-4-2-5-11-27)46-36(49)28-12-8-13-29(21-28)37(50)47-34(20-26-18-32(40)23-33(41)19-26)35(48)24-45-38(16-6-3-7-17-38)30-14-9-15-31(22-30)39(42,43)44/h2,4-5,8-15,18-19,21-23,25,34-35,45,48H,3,6-7,16-17,20,24H2,1H3,(H,46,49)(H,47,50)/t25-,34+,35-/m1/s1. The Morgan fingerprint density at radius 3 is 2.04 bits per heavy atom. The van der Waals surface area contributed by atoms with E-state index in [1.807, 2.05) is 37.3 Å². The molecule has 1 aliphatic rings. The van der Waals surface area contributed by atoms with Crippen LogP contribution in [0.2, 0.25) is 0 Å². The number of alkyl halides is 3. The van der Waals surface area contributed by atoms with Crippen LogP contribution in [0.15, 0.2) is 97.1 Å². The first kappa shape index (κ1) is 36.7. The summed E-state index contributed by atoms with van der Waals surface area (Å²) in [7, 11) is 0. The Bertz CT molecular complexity index is 1760. The maximum absolute atomic E-state index is 14.2. The second kappa shape index (κ2) is 15.9. The Morgan fingerprint density at radius 2 is 1.40 bits per heavy atom. The summed E-state index contributed by atoms with van der Waals surface area (Å²) in [6, 6.07) is 22.1. The number of nitrogens with one attached hydrogen (secondary N) is 3. The lowest BCUT2D eigenvalue weighted by Crippen LogP contribution is -2.53. The van der Waals surface area contributed by atoms with Crippen molar-refractivity contribution in [2.45, 2.75) is 75.4 Å². The number of halogens is 5. The summed E-state index contributed by atoms with van der Waals surface area (Å²) >= 11 is 0. The Kier molecular flexibility index (Phi) is 11.7. The molecule has 0 unspecified atom stereocenters. The minimum atomic E-state index is -4.53. The molecule has 1 aliphatic carbocycles. The highest BCUT2D eigenvalue weighted by Gasteiger charge is 2.38. The van der Waals surface area contributed by atoms with Gasteiger partial charge in [-0.05, 0) is 85.3 Å². The van der Waals surface area contributed by atoms with Gasteiger partial charge in [-0.25, -0.2) is 8.78 Å².